The van der Waals surface area contributed by atoms with E-state index in [0.717, 1.165) is 10.6 Å². The zero-order chi connectivity index (χ0) is 13.8. The first-order chi connectivity index (χ1) is 9.04. The van der Waals surface area contributed by atoms with Crippen molar-refractivity contribution >= 4 is 17.8 Å². The number of carbonyl (C=O) groups is 3. The summed E-state index contributed by atoms with van der Waals surface area (Å²) in [7, 11) is 0. The maximum atomic E-state index is 12.7. The van der Waals surface area contributed by atoms with Crippen molar-refractivity contribution in [3.63, 3.8) is 0 Å². The molecule has 0 unspecified atom stereocenters. The van der Waals surface area contributed by atoms with E-state index >= 15 is 0 Å². The third-order valence-corrected chi connectivity index (χ3v) is 2.61. The van der Waals surface area contributed by atoms with E-state index < -0.39 is 11.9 Å². The minimum Gasteiger partial charge on any atom is -0.275 e. The minimum atomic E-state index is -0.639. The van der Waals surface area contributed by atoms with Gasteiger partial charge < -0.3 is 0 Å². The molecule has 2 rings (SSSR count). The molecule has 1 aromatic rings. The van der Waals surface area contributed by atoms with Crippen LogP contribution in [0.2, 0.25) is 0 Å². The first-order valence-corrected chi connectivity index (χ1v) is 5.70. The number of hydrogen-bond acceptors (Lipinski definition) is 3. The largest absolute Gasteiger partial charge is 0.343 e. The summed E-state index contributed by atoms with van der Waals surface area (Å²) in [5.41, 5.74) is 3.15. The van der Waals surface area contributed by atoms with E-state index in [9.17, 15) is 18.8 Å². The average Bonchev–Trinajstić information content (AvgIpc) is 2.67. The van der Waals surface area contributed by atoms with Crippen molar-refractivity contribution in [1.82, 2.24) is 15.8 Å². The Morgan fingerprint density at radius 2 is 2.00 bits per heavy atom. The number of hydrogen-bond donors (Lipinski definition) is 2. The van der Waals surface area contributed by atoms with E-state index in [-0.39, 0.29) is 24.7 Å². The van der Waals surface area contributed by atoms with E-state index in [4.69, 9.17) is 0 Å². The molecule has 1 saturated heterocycles. The number of nitrogens with zero attached hydrogens (tertiary/aromatic N) is 1. The van der Waals surface area contributed by atoms with Gasteiger partial charge in [-0.2, -0.15) is 0 Å². The normalized spacial score (nSPS) is 14.5. The Morgan fingerprint density at radius 3 is 2.58 bits per heavy atom. The van der Waals surface area contributed by atoms with Gasteiger partial charge in [0.2, 0.25) is 11.8 Å². The highest BCUT2D eigenvalue weighted by atomic mass is 19.1. The van der Waals surface area contributed by atoms with Crippen molar-refractivity contribution in [2.24, 2.45) is 0 Å². The number of nitrogens with one attached hydrogen (secondary N) is 2. The third kappa shape index (κ3) is 3.51. The molecule has 1 heterocycles. The molecule has 0 saturated carbocycles. The van der Waals surface area contributed by atoms with E-state index in [1.807, 2.05) is 5.32 Å². The van der Waals surface area contributed by atoms with Crippen LogP contribution in [0.3, 0.4) is 0 Å². The Bertz CT molecular complexity index is 515. The quantitative estimate of drug-likeness (QED) is 0.771. The number of imide groups is 1. The second-order valence-corrected chi connectivity index (χ2v) is 4.10. The Morgan fingerprint density at radius 1 is 1.32 bits per heavy atom. The fourth-order valence-corrected chi connectivity index (χ4v) is 1.65. The van der Waals surface area contributed by atoms with Crippen molar-refractivity contribution in [3.8, 4) is 0 Å². The molecule has 1 aliphatic heterocycles. The standard InChI is InChI=1S/C12H12FN3O3/c13-9-4-1-8(2-5-9)3-6-10(17)15-16-7-11(18)14-12(16)19/h1-2,4-5H,3,6-7H2,(H,15,17)(H,14,18,19). The highest BCUT2D eigenvalue weighted by molar-refractivity contribution is 6.02. The van der Waals surface area contributed by atoms with Crippen molar-refractivity contribution in [3.05, 3.63) is 35.6 Å². The number of carbonyl (C=O) groups excluding carboxylic acids is 3. The van der Waals surface area contributed by atoms with E-state index in [2.05, 4.69) is 5.43 Å². The summed E-state index contributed by atoms with van der Waals surface area (Å²) in [4.78, 5) is 33.6. The maximum absolute atomic E-state index is 12.7. The smallest absolute Gasteiger partial charge is 0.275 e. The summed E-state index contributed by atoms with van der Waals surface area (Å²) < 4.78 is 12.7. The fourth-order valence-electron chi connectivity index (χ4n) is 1.65. The monoisotopic (exact) mass is 265 g/mol. The van der Waals surface area contributed by atoms with Crippen molar-refractivity contribution in [2.45, 2.75) is 12.8 Å². The minimum absolute atomic E-state index is 0.142. The lowest BCUT2D eigenvalue weighted by Crippen LogP contribution is -2.44. The van der Waals surface area contributed by atoms with E-state index in [1.165, 1.54) is 12.1 Å². The van der Waals surface area contributed by atoms with E-state index in [0.29, 0.717) is 6.42 Å². The molecule has 0 radical (unpaired) electrons. The van der Waals surface area contributed by atoms with E-state index in [1.54, 1.807) is 12.1 Å². The molecule has 1 fully saturated rings. The number of halogens is 1. The number of urea groups is 1. The van der Waals surface area contributed by atoms with Gasteiger partial charge in [-0.25, -0.2) is 14.2 Å². The van der Waals surface area contributed by atoms with Crippen LogP contribution in [0.5, 0.6) is 0 Å². The van der Waals surface area contributed by atoms with Gasteiger partial charge >= 0.3 is 6.03 Å². The molecule has 1 aliphatic rings. The van der Waals surface area contributed by atoms with Gasteiger partial charge in [0, 0.05) is 6.42 Å². The Balaban J connectivity index is 1.80. The van der Waals surface area contributed by atoms with Crippen LogP contribution in [0, 0.1) is 5.82 Å². The van der Waals surface area contributed by atoms with Crippen molar-refractivity contribution in [1.29, 1.82) is 0 Å². The first-order valence-electron chi connectivity index (χ1n) is 5.70. The van der Waals surface area contributed by atoms with Crippen molar-refractivity contribution < 1.29 is 18.8 Å². The zero-order valence-electron chi connectivity index (χ0n) is 9.98. The maximum Gasteiger partial charge on any atom is 0.343 e. The predicted octanol–water partition coefficient (Wildman–Crippen LogP) is 0.341. The summed E-state index contributed by atoms with van der Waals surface area (Å²) in [6.07, 6.45) is 0.569. The van der Waals surface area contributed by atoms with Crippen molar-refractivity contribution in [2.75, 3.05) is 6.54 Å². The number of aryl methyl sites for hydroxylation is 1. The van der Waals surface area contributed by atoms with Crippen LogP contribution >= 0.6 is 0 Å². The molecular weight excluding hydrogens is 253 g/mol. The molecule has 100 valence electrons. The van der Waals surface area contributed by atoms with Gasteiger partial charge in [-0.15, -0.1) is 0 Å². The van der Waals surface area contributed by atoms with Crippen LogP contribution in [-0.2, 0) is 16.0 Å². The second kappa shape index (κ2) is 5.47. The van der Waals surface area contributed by atoms with Gasteiger partial charge in [0.15, 0.2) is 0 Å². The topological polar surface area (TPSA) is 78.5 Å². The van der Waals surface area contributed by atoms with Gasteiger partial charge in [-0.3, -0.25) is 20.3 Å². The number of hydrazine groups is 1. The van der Waals surface area contributed by atoms with Crippen LogP contribution in [0.15, 0.2) is 24.3 Å². The highest BCUT2D eigenvalue weighted by Gasteiger charge is 2.27. The molecule has 0 aliphatic carbocycles. The predicted molar refractivity (Wildman–Crippen MR) is 63.1 cm³/mol. The summed E-state index contributed by atoms with van der Waals surface area (Å²) in [5.74, 6) is -1.17. The lowest BCUT2D eigenvalue weighted by Gasteiger charge is -2.14. The van der Waals surface area contributed by atoms with Crippen LogP contribution in [0.1, 0.15) is 12.0 Å². The molecule has 2 N–H and O–H groups in total. The van der Waals surface area contributed by atoms with Crippen LogP contribution in [-0.4, -0.2) is 29.4 Å². The Hall–Kier alpha value is -2.44. The summed E-state index contributed by atoms with van der Waals surface area (Å²) in [6, 6.07) is 5.18. The summed E-state index contributed by atoms with van der Waals surface area (Å²) in [5, 5.41) is 2.97. The molecule has 6 nitrogen and oxygen atoms in total. The van der Waals surface area contributed by atoms with Gasteiger partial charge in [-0.05, 0) is 24.1 Å². The van der Waals surface area contributed by atoms with Gasteiger partial charge in [0.05, 0.1) is 0 Å². The first kappa shape index (κ1) is 13.0. The molecule has 0 bridgehead atoms. The van der Waals surface area contributed by atoms with Crippen LogP contribution < -0.4 is 10.7 Å². The third-order valence-electron chi connectivity index (χ3n) is 2.61. The molecule has 0 spiro atoms. The highest BCUT2D eigenvalue weighted by Crippen LogP contribution is 2.05. The summed E-state index contributed by atoms with van der Waals surface area (Å²) in [6.45, 7) is -0.179. The lowest BCUT2D eigenvalue weighted by molar-refractivity contribution is -0.125. The molecule has 1 aromatic carbocycles. The molecular formula is C12H12FN3O3. The van der Waals surface area contributed by atoms with Gasteiger partial charge in [0.1, 0.15) is 12.4 Å². The number of amides is 4. The second-order valence-electron chi connectivity index (χ2n) is 4.10. The average molecular weight is 265 g/mol. The SMILES string of the molecule is O=C1CN(NC(=O)CCc2ccc(F)cc2)C(=O)N1. The Kier molecular flexibility index (Phi) is 3.74. The fraction of sp³-hybridized carbons (Fsp3) is 0.250. The molecule has 4 amide bonds. The molecule has 19 heavy (non-hydrogen) atoms. The molecule has 0 atom stereocenters. The molecule has 0 aromatic heterocycles. The summed E-state index contributed by atoms with van der Waals surface area (Å²) >= 11 is 0. The lowest BCUT2D eigenvalue weighted by atomic mass is 10.1. The van der Waals surface area contributed by atoms with Gasteiger partial charge in [0.25, 0.3) is 0 Å². The van der Waals surface area contributed by atoms with Gasteiger partial charge in [-0.1, -0.05) is 12.1 Å². The number of rotatable bonds is 4. The zero-order valence-corrected chi connectivity index (χ0v) is 9.98. The molecule has 7 heteroatoms. The van der Waals surface area contributed by atoms with Crippen LogP contribution in [0.4, 0.5) is 9.18 Å². The number of benzene rings is 1. The van der Waals surface area contributed by atoms with Crippen LogP contribution in [0.25, 0.3) is 0 Å². The Labute approximate surface area is 108 Å².